The van der Waals surface area contributed by atoms with Crippen LogP contribution in [-0.4, -0.2) is 33.0 Å². The quantitative estimate of drug-likeness (QED) is 0.814. The summed E-state index contributed by atoms with van der Waals surface area (Å²) < 4.78 is 1.98. The molecule has 1 aliphatic rings. The van der Waals surface area contributed by atoms with E-state index in [9.17, 15) is 4.79 Å². The lowest BCUT2D eigenvalue weighted by Crippen LogP contribution is -2.30. The van der Waals surface area contributed by atoms with Crippen molar-refractivity contribution in [3.63, 3.8) is 0 Å². The van der Waals surface area contributed by atoms with E-state index in [1.165, 1.54) is 17.3 Å². The molecule has 0 spiro atoms. The summed E-state index contributed by atoms with van der Waals surface area (Å²) in [4.78, 5) is 14.3. The van der Waals surface area contributed by atoms with Crippen molar-refractivity contribution < 1.29 is 4.79 Å². The molecular formula is C15H18N4OS. The molecule has 3 rings (SSSR count). The number of para-hydroxylation sites is 1. The lowest BCUT2D eigenvalue weighted by atomic mass is 10.2. The molecule has 21 heavy (non-hydrogen) atoms. The first kappa shape index (κ1) is 14.1. The predicted molar refractivity (Wildman–Crippen MR) is 83.6 cm³/mol. The first-order valence-corrected chi connectivity index (χ1v) is 8.06. The fourth-order valence-corrected chi connectivity index (χ4v) is 3.41. The van der Waals surface area contributed by atoms with Crippen LogP contribution < -0.4 is 4.90 Å². The zero-order chi connectivity index (χ0) is 14.8. The summed E-state index contributed by atoms with van der Waals surface area (Å²) in [5.74, 6) is 0.517. The summed E-state index contributed by atoms with van der Waals surface area (Å²) in [7, 11) is 0. The van der Waals surface area contributed by atoms with Crippen LogP contribution in [0.25, 0.3) is 0 Å². The van der Waals surface area contributed by atoms with Crippen LogP contribution in [0.3, 0.4) is 0 Å². The highest BCUT2D eigenvalue weighted by molar-refractivity contribution is 7.99. The Kier molecular flexibility index (Phi) is 3.96. The fraction of sp³-hybridized carbons (Fsp3) is 0.400. The molecule has 1 amide bonds. The molecule has 0 unspecified atom stereocenters. The van der Waals surface area contributed by atoms with E-state index in [1.807, 2.05) is 27.7 Å². The van der Waals surface area contributed by atoms with Crippen molar-refractivity contribution in [3.8, 4) is 0 Å². The number of hydrogen-bond acceptors (Lipinski definition) is 4. The summed E-state index contributed by atoms with van der Waals surface area (Å²) in [6.45, 7) is 4.92. The summed E-state index contributed by atoms with van der Waals surface area (Å²) in [5.41, 5.74) is 2.30. The van der Waals surface area contributed by atoms with Gasteiger partial charge in [-0.05, 0) is 31.9 Å². The Morgan fingerprint density at radius 1 is 1.38 bits per heavy atom. The van der Waals surface area contributed by atoms with E-state index in [0.717, 1.165) is 23.8 Å². The van der Waals surface area contributed by atoms with Gasteiger partial charge in [0.1, 0.15) is 6.33 Å². The Bertz CT molecular complexity index is 653. The van der Waals surface area contributed by atoms with Gasteiger partial charge in [-0.25, -0.2) is 0 Å². The molecule has 0 atom stereocenters. The van der Waals surface area contributed by atoms with Crippen LogP contribution in [0.15, 0.2) is 35.7 Å². The van der Waals surface area contributed by atoms with Gasteiger partial charge in [0.25, 0.3) is 0 Å². The molecule has 0 saturated carbocycles. The topological polar surface area (TPSA) is 51.0 Å². The number of carbonyl (C=O) groups is 1. The number of carbonyl (C=O) groups excluding carboxylic acids is 1. The number of nitrogens with zero attached hydrogens (tertiary/aromatic N) is 4. The number of thioether (sulfide) groups is 1. The monoisotopic (exact) mass is 302 g/mol. The summed E-state index contributed by atoms with van der Waals surface area (Å²) in [6.07, 6.45) is 2.65. The van der Waals surface area contributed by atoms with Crippen LogP contribution in [0, 0.1) is 0 Å². The number of benzene rings is 1. The number of rotatable bonds is 4. The van der Waals surface area contributed by atoms with Crippen molar-refractivity contribution in [2.24, 2.45) is 0 Å². The standard InChI is InChI=1S/C15H18N4OS/c1-11(2)19-10-16-17-15(19)21-9-14(20)18-8-7-12-5-3-4-6-13(12)18/h3-6,10-11H,7-9H2,1-2H3. The minimum absolute atomic E-state index is 0.128. The van der Waals surface area contributed by atoms with Gasteiger partial charge >= 0.3 is 0 Å². The molecule has 0 N–H and O–H groups in total. The molecule has 5 nitrogen and oxygen atoms in total. The van der Waals surface area contributed by atoms with Crippen molar-refractivity contribution in [2.75, 3.05) is 17.2 Å². The normalized spacial score (nSPS) is 13.8. The van der Waals surface area contributed by atoms with E-state index in [2.05, 4.69) is 30.1 Å². The van der Waals surface area contributed by atoms with Gasteiger partial charge in [0.2, 0.25) is 5.91 Å². The van der Waals surface area contributed by atoms with E-state index >= 15 is 0 Å². The largest absolute Gasteiger partial charge is 0.311 e. The second-order valence-corrected chi connectivity index (χ2v) is 6.27. The molecule has 110 valence electrons. The first-order valence-electron chi connectivity index (χ1n) is 7.07. The molecule has 6 heteroatoms. The van der Waals surface area contributed by atoms with Crippen molar-refractivity contribution in [1.29, 1.82) is 0 Å². The van der Waals surface area contributed by atoms with Gasteiger partial charge in [0.05, 0.1) is 5.75 Å². The zero-order valence-corrected chi connectivity index (χ0v) is 13.0. The maximum absolute atomic E-state index is 12.4. The Balaban J connectivity index is 1.67. The smallest absolute Gasteiger partial charge is 0.237 e. The van der Waals surface area contributed by atoms with E-state index in [0.29, 0.717) is 11.8 Å². The number of hydrogen-bond donors (Lipinski definition) is 0. The van der Waals surface area contributed by atoms with Gasteiger partial charge in [-0.2, -0.15) is 0 Å². The average molecular weight is 302 g/mol. The van der Waals surface area contributed by atoms with Gasteiger partial charge in [0, 0.05) is 18.3 Å². The molecule has 1 aliphatic heterocycles. The van der Waals surface area contributed by atoms with Crippen molar-refractivity contribution in [3.05, 3.63) is 36.2 Å². The highest BCUT2D eigenvalue weighted by atomic mass is 32.2. The average Bonchev–Trinajstić information content (AvgIpc) is 3.11. The minimum Gasteiger partial charge on any atom is -0.311 e. The Morgan fingerprint density at radius 3 is 3.00 bits per heavy atom. The third-order valence-electron chi connectivity index (χ3n) is 3.61. The fourth-order valence-electron chi connectivity index (χ4n) is 2.49. The molecular weight excluding hydrogens is 284 g/mol. The Hall–Kier alpha value is -1.82. The third kappa shape index (κ3) is 2.81. The molecule has 0 saturated heterocycles. The summed E-state index contributed by atoms with van der Waals surface area (Å²) >= 11 is 1.45. The lowest BCUT2D eigenvalue weighted by Gasteiger charge is -2.17. The van der Waals surface area contributed by atoms with E-state index in [-0.39, 0.29) is 5.91 Å². The number of fused-ring (bicyclic) bond motifs is 1. The summed E-state index contributed by atoms with van der Waals surface area (Å²) in [6, 6.07) is 8.40. The van der Waals surface area contributed by atoms with Crippen LogP contribution in [0.1, 0.15) is 25.5 Å². The molecule has 2 heterocycles. The highest BCUT2D eigenvalue weighted by Crippen LogP contribution is 2.28. The Morgan fingerprint density at radius 2 is 2.19 bits per heavy atom. The molecule has 0 fully saturated rings. The second-order valence-electron chi connectivity index (χ2n) is 5.33. The van der Waals surface area contributed by atoms with Gasteiger partial charge in [-0.3, -0.25) is 4.79 Å². The molecule has 1 aromatic heterocycles. The number of amides is 1. The van der Waals surface area contributed by atoms with Gasteiger partial charge in [-0.15, -0.1) is 10.2 Å². The van der Waals surface area contributed by atoms with Crippen LogP contribution in [0.2, 0.25) is 0 Å². The molecule has 0 radical (unpaired) electrons. The van der Waals surface area contributed by atoms with E-state index in [1.54, 1.807) is 6.33 Å². The van der Waals surface area contributed by atoms with E-state index in [4.69, 9.17) is 0 Å². The van der Waals surface area contributed by atoms with Gasteiger partial charge in [0.15, 0.2) is 5.16 Å². The predicted octanol–water partition coefficient (Wildman–Crippen LogP) is 2.54. The molecule has 0 bridgehead atoms. The molecule has 1 aromatic carbocycles. The van der Waals surface area contributed by atoms with Crippen LogP contribution >= 0.6 is 11.8 Å². The number of aromatic nitrogens is 3. The third-order valence-corrected chi connectivity index (χ3v) is 4.55. The summed E-state index contributed by atoms with van der Waals surface area (Å²) in [5, 5.41) is 8.80. The molecule has 0 aliphatic carbocycles. The van der Waals surface area contributed by atoms with Gasteiger partial charge < -0.3 is 9.47 Å². The van der Waals surface area contributed by atoms with E-state index < -0.39 is 0 Å². The highest BCUT2D eigenvalue weighted by Gasteiger charge is 2.24. The van der Waals surface area contributed by atoms with Crippen molar-refractivity contribution in [1.82, 2.24) is 14.8 Å². The maximum atomic E-state index is 12.4. The van der Waals surface area contributed by atoms with Crippen molar-refractivity contribution in [2.45, 2.75) is 31.5 Å². The minimum atomic E-state index is 0.128. The first-order chi connectivity index (χ1) is 10.2. The zero-order valence-electron chi connectivity index (χ0n) is 12.2. The second kappa shape index (κ2) is 5.89. The van der Waals surface area contributed by atoms with Crippen LogP contribution in [-0.2, 0) is 11.2 Å². The van der Waals surface area contributed by atoms with Crippen molar-refractivity contribution >= 4 is 23.4 Å². The van der Waals surface area contributed by atoms with Crippen LogP contribution in [0.4, 0.5) is 5.69 Å². The van der Waals surface area contributed by atoms with Crippen LogP contribution in [0.5, 0.6) is 0 Å². The number of anilines is 1. The lowest BCUT2D eigenvalue weighted by molar-refractivity contribution is -0.116. The Labute approximate surface area is 128 Å². The SMILES string of the molecule is CC(C)n1cnnc1SCC(=O)N1CCc2ccccc21. The maximum Gasteiger partial charge on any atom is 0.237 e. The molecule has 2 aromatic rings. The van der Waals surface area contributed by atoms with Gasteiger partial charge in [-0.1, -0.05) is 30.0 Å².